The second-order valence-electron chi connectivity index (χ2n) is 3.32. The van der Waals surface area contributed by atoms with Crippen molar-refractivity contribution >= 4 is 52.4 Å². The van der Waals surface area contributed by atoms with E-state index in [2.05, 4.69) is 5.32 Å². The first-order valence-electron chi connectivity index (χ1n) is 4.64. The maximum Gasteiger partial charge on any atom is 0.265 e. The van der Waals surface area contributed by atoms with Crippen molar-refractivity contribution in [2.24, 2.45) is 0 Å². The molecule has 0 radical (unpaired) electrons. The van der Waals surface area contributed by atoms with E-state index in [9.17, 15) is 9.59 Å². The van der Waals surface area contributed by atoms with E-state index >= 15 is 0 Å². The number of hydrogen-bond acceptors (Lipinski definition) is 3. The molecule has 0 atom stereocenters. The topological polar surface area (TPSA) is 46.2 Å². The molecule has 6 heteroatoms. The molecular formula is C11H7Cl2NO2S. The number of thioether (sulfide) groups is 1. The summed E-state index contributed by atoms with van der Waals surface area (Å²) in [6.45, 7) is 0. The minimum absolute atomic E-state index is 0.348. The fraction of sp³-hybridized carbons (Fsp3) is 0.0909. The van der Waals surface area contributed by atoms with Crippen LogP contribution in [-0.4, -0.2) is 18.1 Å². The average Bonchev–Trinajstić information content (AvgIpc) is 2.57. The molecular weight excluding hydrogens is 281 g/mol. The summed E-state index contributed by atoms with van der Waals surface area (Å²) in [7, 11) is 0. The van der Waals surface area contributed by atoms with Crippen LogP contribution < -0.4 is 5.32 Å². The van der Waals surface area contributed by atoms with Crippen LogP contribution >= 0.6 is 35.0 Å². The second kappa shape index (κ2) is 4.72. The van der Waals surface area contributed by atoms with Crippen molar-refractivity contribution in [3.05, 3.63) is 38.7 Å². The number of carbonyl (C=O) groups is 2. The lowest BCUT2D eigenvalue weighted by Crippen LogP contribution is -2.22. The van der Waals surface area contributed by atoms with E-state index in [-0.39, 0.29) is 5.91 Å². The zero-order chi connectivity index (χ0) is 12.6. The fourth-order valence-electron chi connectivity index (χ4n) is 1.55. The Hall–Kier alpha value is -0.970. The molecule has 1 aliphatic heterocycles. The Balaban J connectivity index is 2.58. The highest BCUT2D eigenvalue weighted by molar-refractivity contribution is 8.03. The predicted molar refractivity (Wildman–Crippen MR) is 70.0 cm³/mol. The van der Waals surface area contributed by atoms with Gasteiger partial charge in [-0.15, -0.1) is 11.8 Å². The van der Waals surface area contributed by atoms with E-state index in [0.717, 1.165) is 0 Å². The van der Waals surface area contributed by atoms with Crippen molar-refractivity contribution in [3.8, 4) is 0 Å². The van der Waals surface area contributed by atoms with Crippen LogP contribution in [-0.2, 0) is 9.59 Å². The van der Waals surface area contributed by atoms with Crippen LogP contribution in [0.15, 0.2) is 23.1 Å². The Kier molecular flexibility index (Phi) is 3.47. The molecule has 1 aromatic rings. The summed E-state index contributed by atoms with van der Waals surface area (Å²) in [6, 6.07) is 4.84. The van der Waals surface area contributed by atoms with Crippen LogP contribution in [0.1, 0.15) is 5.56 Å². The minimum atomic E-state index is -0.405. The summed E-state index contributed by atoms with van der Waals surface area (Å²) in [4.78, 5) is 23.5. The van der Waals surface area contributed by atoms with Gasteiger partial charge in [0, 0.05) is 0 Å². The molecule has 0 unspecified atom stereocenters. The van der Waals surface area contributed by atoms with Crippen LogP contribution in [0.4, 0.5) is 0 Å². The Bertz CT molecular complexity index is 554. The quantitative estimate of drug-likeness (QED) is 0.851. The maximum absolute atomic E-state index is 11.7. The molecule has 1 aliphatic rings. The van der Waals surface area contributed by atoms with Gasteiger partial charge in [0.05, 0.1) is 20.5 Å². The van der Waals surface area contributed by atoms with Crippen molar-refractivity contribution in [2.75, 3.05) is 6.26 Å². The van der Waals surface area contributed by atoms with E-state index in [1.54, 1.807) is 24.5 Å². The molecule has 1 heterocycles. The molecule has 0 spiro atoms. The highest BCUT2D eigenvalue weighted by Crippen LogP contribution is 2.33. The summed E-state index contributed by atoms with van der Waals surface area (Å²) in [6.07, 6.45) is 1.74. The maximum atomic E-state index is 11.7. The van der Waals surface area contributed by atoms with Gasteiger partial charge in [-0.25, -0.2) is 0 Å². The zero-order valence-electron chi connectivity index (χ0n) is 8.71. The van der Waals surface area contributed by atoms with Crippen molar-refractivity contribution in [1.29, 1.82) is 0 Å². The van der Waals surface area contributed by atoms with Gasteiger partial charge in [-0.05, 0) is 24.0 Å². The molecule has 0 fully saturated rings. The Morgan fingerprint density at radius 2 is 1.82 bits per heavy atom. The molecule has 0 aliphatic carbocycles. The van der Waals surface area contributed by atoms with Crippen molar-refractivity contribution in [3.63, 3.8) is 0 Å². The summed E-state index contributed by atoms with van der Waals surface area (Å²) in [5.74, 6) is -0.777. The molecule has 2 amide bonds. The van der Waals surface area contributed by atoms with E-state index in [4.69, 9.17) is 23.2 Å². The molecule has 2 rings (SSSR count). The van der Waals surface area contributed by atoms with Gasteiger partial charge >= 0.3 is 0 Å². The van der Waals surface area contributed by atoms with Crippen LogP contribution in [0.2, 0.25) is 10.0 Å². The molecule has 1 N–H and O–H groups in total. The SMILES string of the molecule is CSC1=C(c2ccc(Cl)c(Cl)c2)C(=O)NC1=O. The monoisotopic (exact) mass is 287 g/mol. The summed E-state index contributed by atoms with van der Waals surface area (Å²) < 4.78 is 0. The number of rotatable bonds is 2. The number of hydrogen-bond donors (Lipinski definition) is 1. The Morgan fingerprint density at radius 3 is 2.41 bits per heavy atom. The van der Waals surface area contributed by atoms with Crippen molar-refractivity contribution in [2.45, 2.75) is 0 Å². The standard InChI is InChI=1S/C11H7Cl2NO2S/c1-17-9-8(10(15)14-11(9)16)5-2-3-6(12)7(13)4-5/h2-4H,1H3,(H,14,15,16). The van der Waals surface area contributed by atoms with Gasteiger partial charge < -0.3 is 0 Å². The largest absolute Gasteiger partial charge is 0.288 e. The number of nitrogens with one attached hydrogen (secondary N) is 1. The summed E-state index contributed by atoms with van der Waals surface area (Å²) in [5, 5.41) is 3.01. The fourth-order valence-corrected chi connectivity index (χ4v) is 2.50. The molecule has 0 bridgehead atoms. The van der Waals surface area contributed by atoms with Gasteiger partial charge in [0.1, 0.15) is 0 Å². The van der Waals surface area contributed by atoms with E-state index in [1.165, 1.54) is 11.8 Å². The summed E-state index contributed by atoms with van der Waals surface area (Å²) in [5.41, 5.74) is 0.938. The molecule has 0 aromatic heterocycles. The third-order valence-electron chi connectivity index (χ3n) is 2.30. The van der Waals surface area contributed by atoms with E-state index < -0.39 is 5.91 Å². The highest BCUT2D eigenvalue weighted by atomic mass is 35.5. The van der Waals surface area contributed by atoms with Gasteiger partial charge in [-0.1, -0.05) is 29.3 Å². The highest BCUT2D eigenvalue weighted by Gasteiger charge is 2.30. The van der Waals surface area contributed by atoms with Gasteiger partial charge in [0.25, 0.3) is 11.8 Å². The Morgan fingerprint density at radius 1 is 1.12 bits per heavy atom. The molecule has 88 valence electrons. The van der Waals surface area contributed by atoms with Crippen LogP contribution in [0.5, 0.6) is 0 Å². The first kappa shape index (κ1) is 12.5. The number of amides is 2. The number of carbonyl (C=O) groups excluding carboxylic acids is 2. The molecule has 17 heavy (non-hydrogen) atoms. The smallest absolute Gasteiger partial charge is 0.265 e. The molecule has 0 saturated heterocycles. The lowest BCUT2D eigenvalue weighted by Gasteiger charge is -2.03. The van der Waals surface area contributed by atoms with Gasteiger partial charge in [0.15, 0.2) is 0 Å². The minimum Gasteiger partial charge on any atom is -0.288 e. The Labute approximate surface area is 112 Å². The number of benzene rings is 1. The van der Waals surface area contributed by atoms with Crippen molar-refractivity contribution in [1.82, 2.24) is 5.32 Å². The van der Waals surface area contributed by atoms with Crippen LogP contribution in [0.25, 0.3) is 5.57 Å². The lowest BCUT2D eigenvalue weighted by atomic mass is 10.1. The number of imide groups is 1. The number of halogens is 2. The second-order valence-corrected chi connectivity index (χ2v) is 4.95. The third-order valence-corrected chi connectivity index (χ3v) is 3.84. The summed E-state index contributed by atoms with van der Waals surface area (Å²) >= 11 is 12.9. The molecule has 1 aromatic carbocycles. The first-order chi connectivity index (χ1) is 8.04. The molecule has 3 nitrogen and oxygen atoms in total. The van der Waals surface area contributed by atoms with Crippen LogP contribution in [0, 0.1) is 0 Å². The van der Waals surface area contributed by atoms with Crippen molar-refractivity contribution < 1.29 is 9.59 Å². The van der Waals surface area contributed by atoms with Crippen LogP contribution in [0.3, 0.4) is 0 Å². The average molecular weight is 288 g/mol. The third kappa shape index (κ3) is 2.20. The van der Waals surface area contributed by atoms with Gasteiger partial charge in [-0.3, -0.25) is 14.9 Å². The van der Waals surface area contributed by atoms with E-state index in [1.807, 2.05) is 0 Å². The molecule has 0 saturated carbocycles. The zero-order valence-corrected chi connectivity index (χ0v) is 11.0. The first-order valence-corrected chi connectivity index (χ1v) is 6.62. The van der Waals surface area contributed by atoms with Gasteiger partial charge in [0.2, 0.25) is 0 Å². The lowest BCUT2D eigenvalue weighted by molar-refractivity contribution is -0.123. The predicted octanol–water partition coefficient (Wildman–Crippen LogP) is 2.72. The van der Waals surface area contributed by atoms with E-state index in [0.29, 0.717) is 26.1 Å². The van der Waals surface area contributed by atoms with Gasteiger partial charge in [-0.2, -0.15) is 0 Å². The normalized spacial score (nSPS) is 15.5.